The largest absolute Gasteiger partial charge is 0.497 e. The summed E-state index contributed by atoms with van der Waals surface area (Å²) in [6.07, 6.45) is 8.22. The normalized spacial score (nSPS) is 27.3. The lowest BCUT2D eigenvalue weighted by molar-refractivity contribution is 0.0295. The third-order valence-electron chi connectivity index (χ3n) is 4.74. The highest BCUT2D eigenvalue weighted by Crippen LogP contribution is 2.41. The molecule has 1 aromatic carbocycles. The van der Waals surface area contributed by atoms with Crippen LogP contribution in [0.2, 0.25) is 0 Å². The quantitative estimate of drug-likeness (QED) is 0.834. The van der Waals surface area contributed by atoms with Gasteiger partial charge in [-0.1, -0.05) is 25.7 Å². The number of hydrogen-bond acceptors (Lipinski definition) is 3. The second-order valence-electron chi connectivity index (χ2n) is 6.06. The Morgan fingerprint density at radius 3 is 2.60 bits per heavy atom. The predicted molar refractivity (Wildman–Crippen MR) is 78.2 cm³/mol. The summed E-state index contributed by atoms with van der Waals surface area (Å²) in [7, 11) is 1.66. The summed E-state index contributed by atoms with van der Waals surface area (Å²) in [5.41, 5.74) is 0.899. The molecule has 1 saturated carbocycles. The number of aliphatic hydroxyl groups excluding tert-OH is 1. The molecule has 1 heterocycles. The molecule has 0 radical (unpaired) electrons. The second-order valence-corrected chi connectivity index (χ2v) is 6.06. The molecule has 1 aliphatic heterocycles. The molecule has 3 heteroatoms. The number of aliphatic hydroxyl groups is 1. The smallest absolute Gasteiger partial charge is 0.129 e. The summed E-state index contributed by atoms with van der Waals surface area (Å²) in [6, 6.07) is 5.71. The van der Waals surface area contributed by atoms with Crippen molar-refractivity contribution < 1.29 is 14.6 Å². The SMILES string of the molecule is COc1ccc2c(c1)OC(C1CCCCCC1)CC2O. The Morgan fingerprint density at radius 1 is 1.15 bits per heavy atom. The maximum absolute atomic E-state index is 10.4. The van der Waals surface area contributed by atoms with Gasteiger partial charge in [0.2, 0.25) is 0 Å². The average molecular weight is 276 g/mol. The second kappa shape index (κ2) is 6.04. The Balaban J connectivity index is 1.79. The summed E-state index contributed by atoms with van der Waals surface area (Å²) in [4.78, 5) is 0. The molecule has 0 spiro atoms. The van der Waals surface area contributed by atoms with Crippen molar-refractivity contribution in [2.45, 2.75) is 57.2 Å². The van der Waals surface area contributed by atoms with E-state index in [9.17, 15) is 5.11 Å². The van der Waals surface area contributed by atoms with Crippen molar-refractivity contribution in [3.63, 3.8) is 0 Å². The standard InChI is InChI=1S/C17H24O3/c1-19-13-8-9-14-15(18)11-16(20-17(14)10-13)12-6-4-2-3-5-7-12/h8-10,12,15-16,18H,2-7,11H2,1H3. The molecule has 0 bridgehead atoms. The van der Waals surface area contributed by atoms with Crippen molar-refractivity contribution in [2.75, 3.05) is 7.11 Å². The van der Waals surface area contributed by atoms with Gasteiger partial charge in [0.05, 0.1) is 13.2 Å². The highest BCUT2D eigenvalue weighted by molar-refractivity contribution is 5.43. The summed E-state index contributed by atoms with van der Waals surface area (Å²) >= 11 is 0. The summed E-state index contributed by atoms with van der Waals surface area (Å²) in [6.45, 7) is 0. The van der Waals surface area contributed by atoms with Crippen molar-refractivity contribution in [1.29, 1.82) is 0 Å². The minimum Gasteiger partial charge on any atom is -0.497 e. The van der Waals surface area contributed by atoms with Crippen molar-refractivity contribution in [3.05, 3.63) is 23.8 Å². The van der Waals surface area contributed by atoms with E-state index in [4.69, 9.17) is 9.47 Å². The molecule has 1 N–H and O–H groups in total. The highest BCUT2D eigenvalue weighted by Gasteiger charge is 2.32. The maximum atomic E-state index is 10.4. The van der Waals surface area contributed by atoms with Gasteiger partial charge < -0.3 is 14.6 Å². The molecule has 2 aliphatic rings. The number of fused-ring (bicyclic) bond motifs is 1. The molecule has 2 unspecified atom stereocenters. The lowest BCUT2D eigenvalue weighted by Crippen LogP contribution is -2.32. The highest BCUT2D eigenvalue weighted by atomic mass is 16.5. The first-order chi connectivity index (χ1) is 9.78. The fourth-order valence-corrected chi connectivity index (χ4v) is 3.55. The van der Waals surface area contributed by atoms with E-state index in [0.717, 1.165) is 23.5 Å². The average Bonchev–Trinajstić information content (AvgIpc) is 2.75. The minimum absolute atomic E-state index is 0.155. The van der Waals surface area contributed by atoms with Gasteiger partial charge in [0.1, 0.15) is 17.6 Å². The summed E-state index contributed by atoms with van der Waals surface area (Å²) in [5, 5.41) is 10.4. The molecular weight excluding hydrogens is 252 g/mol. The van der Waals surface area contributed by atoms with E-state index in [-0.39, 0.29) is 6.10 Å². The number of ether oxygens (including phenoxy) is 2. The fraction of sp³-hybridized carbons (Fsp3) is 0.647. The first-order valence-corrected chi connectivity index (χ1v) is 7.80. The van der Waals surface area contributed by atoms with Gasteiger partial charge in [-0.25, -0.2) is 0 Å². The van der Waals surface area contributed by atoms with Crippen LogP contribution in [0.5, 0.6) is 11.5 Å². The van der Waals surface area contributed by atoms with Crippen LogP contribution in [-0.2, 0) is 0 Å². The first-order valence-electron chi connectivity index (χ1n) is 7.80. The van der Waals surface area contributed by atoms with Crippen LogP contribution in [-0.4, -0.2) is 18.3 Å². The lowest BCUT2D eigenvalue weighted by Gasteiger charge is -2.34. The van der Waals surface area contributed by atoms with Gasteiger partial charge in [-0.2, -0.15) is 0 Å². The van der Waals surface area contributed by atoms with Crippen LogP contribution in [0.3, 0.4) is 0 Å². The third-order valence-corrected chi connectivity index (χ3v) is 4.74. The van der Waals surface area contributed by atoms with E-state index >= 15 is 0 Å². The van der Waals surface area contributed by atoms with E-state index in [2.05, 4.69) is 0 Å². The van der Waals surface area contributed by atoms with Crippen LogP contribution in [0.4, 0.5) is 0 Å². The molecule has 3 rings (SSSR count). The van der Waals surface area contributed by atoms with Crippen LogP contribution < -0.4 is 9.47 Å². The van der Waals surface area contributed by atoms with E-state index < -0.39 is 6.10 Å². The zero-order valence-corrected chi connectivity index (χ0v) is 12.2. The van der Waals surface area contributed by atoms with Gasteiger partial charge in [-0.05, 0) is 30.9 Å². The zero-order chi connectivity index (χ0) is 13.9. The van der Waals surface area contributed by atoms with Crippen LogP contribution >= 0.6 is 0 Å². The van der Waals surface area contributed by atoms with E-state index in [0.29, 0.717) is 5.92 Å². The number of hydrogen-bond donors (Lipinski definition) is 1. The molecule has 110 valence electrons. The minimum atomic E-state index is -0.405. The number of benzene rings is 1. The topological polar surface area (TPSA) is 38.7 Å². The van der Waals surface area contributed by atoms with Crippen LogP contribution in [0.1, 0.15) is 56.6 Å². The van der Waals surface area contributed by atoms with Crippen molar-refractivity contribution in [3.8, 4) is 11.5 Å². The van der Waals surface area contributed by atoms with Gasteiger partial charge in [-0.3, -0.25) is 0 Å². The molecular formula is C17H24O3. The molecule has 0 amide bonds. The molecule has 20 heavy (non-hydrogen) atoms. The van der Waals surface area contributed by atoms with E-state index in [1.54, 1.807) is 7.11 Å². The van der Waals surface area contributed by atoms with Crippen molar-refractivity contribution >= 4 is 0 Å². The summed E-state index contributed by atoms with van der Waals surface area (Å²) in [5.74, 6) is 2.18. The van der Waals surface area contributed by atoms with E-state index in [1.807, 2.05) is 18.2 Å². The molecule has 0 saturated heterocycles. The first kappa shape index (κ1) is 13.7. The Kier molecular flexibility index (Phi) is 4.16. The molecule has 3 nitrogen and oxygen atoms in total. The Bertz CT molecular complexity index is 450. The fourth-order valence-electron chi connectivity index (χ4n) is 3.55. The molecule has 0 aromatic heterocycles. The van der Waals surface area contributed by atoms with Gasteiger partial charge >= 0.3 is 0 Å². The van der Waals surface area contributed by atoms with Gasteiger partial charge in [0.25, 0.3) is 0 Å². The van der Waals surface area contributed by atoms with Crippen LogP contribution in [0.25, 0.3) is 0 Å². The molecule has 1 aromatic rings. The van der Waals surface area contributed by atoms with Crippen LogP contribution in [0.15, 0.2) is 18.2 Å². The Hall–Kier alpha value is -1.22. The maximum Gasteiger partial charge on any atom is 0.129 e. The van der Waals surface area contributed by atoms with Crippen LogP contribution in [0, 0.1) is 5.92 Å². The Morgan fingerprint density at radius 2 is 1.90 bits per heavy atom. The van der Waals surface area contributed by atoms with Gasteiger partial charge in [-0.15, -0.1) is 0 Å². The predicted octanol–water partition coefficient (Wildman–Crippen LogP) is 3.85. The van der Waals surface area contributed by atoms with Gasteiger partial charge in [0, 0.05) is 18.1 Å². The van der Waals surface area contributed by atoms with Crippen molar-refractivity contribution in [1.82, 2.24) is 0 Å². The lowest BCUT2D eigenvalue weighted by atomic mass is 9.87. The van der Waals surface area contributed by atoms with Crippen molar-refractivity contribution in [2.24, 2.45) is 5.92 Å². The van der Waals surface area contributed by atoms with Gasteiger partial charge in [0.15, 0.2) is 0 Å². The monoisotopic (exact) mass is 276 g/mol. The molecule has 1 aliphatic carbocycles. The van der Waals surface area contributed by atoms with E-state index in [1.165, 1.54) is 38.5 Å². The number of methoxy groups -OCH3 is 1. The zero-order valence-electron chi connectivity index (χ0n) is 12.2. The summed E-state index contributed by atoms with van der Waals surface area (Å²) < 4.78 is 11.5. The number of rotatable bonds is 2. The molecule has 1 fully saturated rings. The molecule has 2 atom stereocenters. The third kappa shape index (κ3) is 2.78. The Labute approximate surface area is 120 Å².